The van der Waals surface area contributed by atoms with E-state index in [1.54, 1.807) is 29.2 Å². The highest BCUT2D eigenvalue weighted by Gasteiger charge is 2.37. The van der Waals surface area contributed by atoms with Crippen molar-refractivity contribution in [2.75, 3.05) is 6.54 Å². The molecule has 0 unspecified atom stereocenters. The Morgan fingerprint density at radius 3 is 2.80 bits per heavy atom. The molecule has 0 aliphatic carbocycles. The first-order chi connectivity index (χ1) is 11.8. The summed E-state index contributed by atoms with van der Waals surface area (Å²) in [5, 5.41) is 13.9. The quantitative estimate of drug-likeness (QED) is 0.919. The molecule has 8 heteroatoms. The number of carbonyl (C=O) groups is 1. The van der Waals surface area contributed by atoms with Crippen LogP contribution < -0.4 is 0 Å². The summed E-state index contributed by atoms with van der Waals surface area (Å²) in [7, 11) is 0. The average molecular weight is 353 g/mol. The number of amides is 1. The van der Waals surface area contributed by atoms with Gasteiger partial charge in [0, 0.05) is 31.9 Å². The van der Waals surface area contributed by atoms with Crippen molar-refractivity contribution in [3.05, 3.63) is 53.9 Å². The summed E-state index contributed by atoms with van der Waals surface area (Å²) in [4.78, 5) is 14.0. The van der Waals surface area contributed by atoms with Gasteiger partial charge in [-0.05, 0) is 30.2 Å². The first kappa shape index (κ1) is 17.5. The third-order valence-corrected chi connectivity index (χ3v) is 4.31. The molecule has 134 valence electrons. The van der Waals surface area contributed by atoms with Crippen molar-refractivity contribution in [3.8, 4) is 0 Å². The van der Waals surface area contributed by atoms with Crippen molar-refractivity contribution >= 4 is 5.91 Å². The maximum absolute atomic E-state index is 12.9. The largest absolute Gasteiger partial charge is 0.416 e. The molecule has 3 rings (SSSR count). The van der Waals surface area contributed by atoms with Gasteiger partial charge in [0.1, 0.15) is 0 Å². The van der Waals surface area contributed by atoms with Crippen LogP contribution in [0.5, 0.6) is 0 Å². The predicted octanol–water partition coefficient (Wildman–Crippen LogP) is 2.63. The molecule has 1 aromatic heterocycles. The molecule has 1 aromatic carbocycles. The van der Waals surface area contributed by atoms with Crippen LogP contribution in [0.25, 0.3) is 0 Å². The number of aliphatic hydroxyl groups excluding tert-OH is 1. The molecule has 0 bridgehead atoms. The van der Waals surface area contributed by atoms with E-state index in [9.17, 15) is 23.1 Å². The summed E-state index contributed by atoms with van der Waals surface area (Å²) in [6.45, 7) is 0.507. The van der Waals surface area contributed by atoms with Crippen LogP contribution in [0.4, 0.5) is 13.2 Å². The summed E-state index contributed by atoms with van der Waals surface area (Å²) in [5.41, 5.74) is -0.367. The fourth-order valence-corrected chi connectivity index (χ4v) is 3.11. The Labute approximate surface area is 142 Å². The zero-order chi connectivity index (χ0) is 18.0. The number of alkyl halides is 3. The van der Waals surface area contributed by atoms with Gasteiger partial charge in [0.25, 0.3) is 0 Å². The van der Waals surface area contributed by atoms with Crippen molar-refractivity contribution in [3.63, 3.8) is 0 Å². The van der Waals surface area contributed by atoms with Crippen LogP contribution in [0.2, 0.25) is 0 Å². The van der Waals surface area contributed by atoms with Crippen molar-refractivity contribution in [2.24, 2.45) is 0 Å². The van der Waals surface area contributed by atoms with Crippen LogP contribution in [0.3, 0.4) is 0 Å². The lowest BCUT2D eigenvalue weighted by Gasteiger charge is -2.25. The number of aromatic nitrogens is 2. The molecule has 25 heavy (non-hydrogen) atoms. The summed E-state index contributed by atoms with van der Waals surface area (Å²) >= 11 is 0. The zero-order valence-electron chi connectivity index (χ0n) is 13.4. The second-order valence-electron chi connectivity index (χ2n) is 6.09. The molecule has 0 spiro atoms. The molecule has 1 aliphatic heterocycles. The Bertz CT molecular complexity index is 731. The monoisotopic (exact) mass is 353 g/mol. The van der Waals surface area contributed by atoms with E-state index in [1.165, 1.54) is 11.0 Å². The first-order valence-electron chi connectivity index (χ1n) is 7.96. The number of rotatable bonds is 4. The molecule has 1 fully saturated rings. The van der Waals surface area contributed by atoms with E-state index in [-0.39, 0.29) is 25.3 Å². The molecule has 0 radical (unpaired) electrons. The zero-order valence-corrected chi connectivity index (χ0v) is 13.4. The number of aliphatic hydroxyl groups is 1. The van der Waals surface area contributed by atoms with Gasteiger partial charge in [-0.3, -0.25) is 9.48 Å². The fourth-order valence-electron chi connectivity index (χ4n) is 3.11. The second-order valence-corrected chi connectivity index (χ2v) is 6.09. The van der Waals surface area contributed by atoms with Gasteiger partial charge in [0.2, 0.25) is 5.91 Å². The molecule has 0 saturated carbocycles. The van der Waals surface area contributed by atoms with Crippen LogP contribution in [0, 0.1) is 0 Å². The van der Waals surface area contributed by atoms with Crippen molar-refractivity contribution in [1.82, 2.24) is 14.7 Å². The number of likely N-dealkylation sites (tertiary alicyclic amines) is 1. The minimum atomic E-state index is -4.44. The van der Waals surface area contributed by atoms with Crippen molar-refractivity contribution in [2.45, 2.75) is 37.7 Å². The third-order valence-electron chi connectivity index (χ3n) is 4.31. The third kappa shape index (κ3) is 4.01. The highest BCUT2D eigenvalue weighted by atomic mass is 19.4. The van der Waals surface area contributed by atoms with E-state index >= 15 is 0 Å². The predicted molar refractivity (Wildman–Crippen MR) is 83.4 cm³/mol. The van der Waals surface area contributed by atoms with Gasteiger partial charge < -0.3 is 10.0 Å². The molecule has 5 nitrogen and oxygen atoms in total. The summed E-state index contributed by atoms with van der Waals surface area (Å²) in [6.07, 6.45) is -1.44. The SMILES string of the molecule is O=C(CCn1cccn1)N1C[C@H](O)C[C@H]1c1cccc(C(F)(F)F)c1. The van der Waals surface area contributed by atoms with Gasteiger partial charge in [0.15, 0.2) is 0 Å². The number of carbonyl (C=O) groups excluding carboxylic acids is 1. The Morgan fingerprint density at radius 1 is 1.32 bits per heavy atom. The summed E-state index contributed by atoms with van der Waals surface area (Å²) in [6, 6.07) is 6.13. The van der Waals surface area contributed by atoms with Gasteiger partial charge in [-0.25, -0.2) is 0 Å². The van der Waals surface area contributed by atoms with E-state index in [0.29, 0.717) is 12.1 Å². The number of hydrogen-bond donors (Lipinski definition) is 1. The Kier molecular flexibility index (Phi) is 4.80. The van der Waals surface area contributed by atoms with Crippen molar-refractivity contribution in [1.29, 1.82) is 0 Å². The Morgan fingerprint density at radius 2 is 2.12 bits per heavy atom. The van der Waals surface area contributed by atoms with E-state index in [0.717, 1.165) is 12.1 Å². The number of hydrogen-bond acceptors (Lipinski definition) is 3. The lowest BCUT2D eigenvalue weighted by Crippen LogP contribution is -2.32. The molecule has 1 amide bonds. The summed E-state index contributed by atoms with van der Waals surface area (Å²) < 4.78 is 40.4. The van der Waals surface area contributed by atoms with Gasteiger partial charge in [0.05, 0.1) is 17.7 Å². The van der Waals surface area contributed by atoms with Gasteiger partial charge in [-0.1, -0.05) is 12.1 Å². The lowest BCUT2D eigenvalue weighted by molar-refractivity contribution is -0.137. The minimum absolute atomic E-state index is 0.124. The first-order valence-corrected chi connectivity index (χ1v) is 7.96. The normalized spacial score (nSPS) is 20.9. The van der Waals surface area contributed by atoms with E-state index < -0.39 is 23.9 Å². The number of nitrogens with zero attached hydrogens (tertiary/aromatic N) is 3. The van der Waals surface area contributed by atoms with E-state index in [1.807, 2.05) is 0 Å². The molecule has 2 heterocycles. The Hall–Kier alpha value is -2.35. The van der Waals surface area contributed by atoms with Gasteiger partial charge >= 0.3 is 6.18 Å². The van der Waals surface area contributed by atoms with Crippen LogP contribution in [0.15, 0.2) is 42.7 Å². The molecule has 1 saturated heterocycles. The average Bonchev–Trinajstić information content (AvgIpc) is 3.21. The molecule has 1 aliphatic rings. The number of benzene rings is 1. The van der Waals surface area contributed by atoms with Crippen LogP contribution in [-0.2, 0) is 17.5 Å². The summed E-state index contributed by atoms with van der Waals surface area (Å²) in [5.74, 6) is -0.213. The van der Waals surface area contributed by atoms with E-state index in [2.05, 4.69) is 5.10 Å². The smallest absolute Gasteiger partial charge is 0.391 e. The number of aryl methyl sites for hydroxylation is 1. The maximum Gasteiger partial charge on any atom is 0.416 e. The van der Waals surface area contributed by atoms with Crippen molar-refractivity contribution < 1.29 is 23.1 Å². The standard InChI is InChI=1S/C17H18F3N3O2/c18-17(19,20)13-4-1-3-12(9-13)15-10-14(24)11-23(15)16(25)5-8-22-7-2-6-21-22/h1-4,6-7,9,14-15,24H,5,8,10-11H2/t14-,15+/m1/s1. The highest BCUT2D eigenvalue weighted by Crippen LogP contribution is 2.36. The molecule has 2 atom stereocenters. The molecule has 1 N–H and O–H groups in total. The van der Waals surface area contributed by atoms with Crippen LogP contribution >= 0.6 is 0 Å². The van der Waals surface area contributed by atoms with Gasteiger partial charge in [-0.2, -0.15) is 18.3 Å². The second kappa shape index (κ2) is 6.87. The number of halogens is 3. The molecular weight excluding hydrogens is 335 g/mol. The van der Waals surface area contributed by atoms with Gasteiger partial charge in [-0.15, -0.1) is 0 Å². The molecule has 2 aromatic rings. The van der Waals surface area contributed by atoms with Crippen LogP contribution in [-0.4, -0.2) is 38.3 Å². The maximum atomic E-state index is 12.9. The molecular formula is C17H18F3N3O2. The fraction of sp³-hybridized carbons (Fsp3) is 0.412. The van der Waals surface area contributed by atoms with Crippen LogP contribution in [0.1, 0.15) is 30.0 Å². The number of β-amino-alcohol motifs (C(OH)–C–C–N with tert-alkyl or cyclic N) is 1. The lowest BCUT2D eigenvalue weighted by atomic mass is 10.0. The topological polar surface area (TPSA) is 58.4 Å². The van der Waals surface area contributed by atoms with E-state index in [4.69, 9.17) is 0 Å². The Balaban J connectivity index is 1.76. The minimum Gasteiger partial charge on any atom is -0.391 e. The highest BCUT2D eigenvalue weighted by molar-refractivity contribution is 5.77.